The maximum Gasteiger partial charge on any atom is 0.416 e. The summed E-state index contributed by atoms with van der Waals surface area (Å²) in [5, 5.41) is 2.45. The van der Waals surface area contributed by atoms with Crippen LogP contribution in [0.1, 0.15) is 16.9 Å². The minimum Gasteiger partial charge on any atom is -0.465 e. The zero-order valence-corrected chi connectivity index (χ0v) is 14.5. The molecule has 27 heavy (non-hydrogen) atoms. The Morgan fingerprint density at radius 3 is 2.41 bits per heavy atom. The summed E-state index contributed by atoms with van der Waals surface area (Å²) in [6.07, 6.45) is -1.58. The number of carbonyl (C=O) groups is 1. The Morgan fingerprint density at radius 1 is 1.04 bits per heavy atom. The lowest BCUT2D eigenvalue weighted by molar-refractivity contribution is -0.137. The third-order valence-electron chi connectivity index (χ3n) is 3.70. The quantitative estimate of drug-likeness (QED) is 0.543. The lowest BCUT2D eigenvalue weighted by atomic mass is 10.0. The molecule has 7 heteroatoms. The molecule has 3 aromatic rings. The fourth-order valence-corrected chi connectivity index (χ4v) is 2.57. The van der Waals surface area contributed by atoms with Crippen LogP contribution >= 0.6 is 11.6 Å². The van der Waals surface area contributed by atoms with Gasteiger partial charge in [-0.1, -0.05) is 41.9 Å². The third-order valence-corrected chi connectivity index (χ3v) is 4.03. The van der Waals surface area contributed by atoms with Crippen molar-refractivity contribution in [2.45, 2.75) is 6.18 Å². The summed E-state index contributed by atoms with van der Waals surface area (Å²) in [5.41, 5.74) is -0.232. The van der Waals surface area contributed by atoms with Crippen LogP contribution in [0.25, 0.3) is 11.6 Å². The number of halogens is 4. The first-order valence-corrected chi connectivity index (χ1v) is 8.21. The summed E-state index contributed by atoms with van der Waals surface area (Å²) in [5.74, 6) is -0.182. The molecule has 1 N–H and O–H groups in total. The molecule has 3 nitrogen and oxygen atoms in total. The van der Waals surface area contributed by atoms with Gasteiger partial charge in [-0.25, -0.2) is 0 Å². The van der Waals surface area contributed by atoms with E-state index in [1.54, 1.807) is 42.5 Å². The van der Waals surface area contributed by atoms with Crippen molar-refractivity contribution in [3.05, 3.63) is 88.8 Å². The van der Waals surface area contributed by atoms with E-state index in [4.69, 9.17) is 16.0 Å². The summed E-state index contributed by atoms with van der Waals surface area (Å²) < 4.78 is 44.0. The second-order valence-electron chi connectivity index (χ2n) is 5.59. The molecule has 0 bridgehead atoms. The zero-order chi connectivity index (χ0) is 19.4. The Hall–Kier alpha value is -2.99. The molecule has 0 spiro atoms. The predicted molar refractivity (Wildman–Crippen MR) is 98.1 cm³/mol. The van der Waals surface area contributed by atoms with Crippen LogP contribution in [0.4, 0.5) is 18.9 Å². The first-order chi connectivity index (χ1) is 12.8. The van der Waals surface area contributed by atoms with Crippen molar-refractivity contribution in [2.24, 2.45) is 0 Å². The summed E-state index contributed by atoms with van der Waals surface area (Å²) in [7, 11) is 0. The van der Waals surface area contributed by atoms with Gasteiger partial charge >= 0.3 is 6.18 Å². The lowest BCUT2D eigenvalue weighted by Gasteiger charge is -2.13. The van der Waals surface area contributed by atoms with Crippen LogP contribution in [-0.4, -0.2) is 5.91 Å². The Balaban J connectivity index is 1.97. The number of benzene rings is 2. The van der Waals surface area contributed by atoms with Crippen LogP contribution in [0, 0.1) is 0 Å². The normalized spacial score (nSPS) is 12.1. The highest BCUT2D eigenvalue weighted by atomic mass is 35.5. The van der Waals surface area contributed by atoms with E-state index in [1.807, 2.05) is 0 Å². The van der Waals surface area contributed by atoms with Crippen LogP contribution in [0.2, 0.25) is 5.02 Å². The standard InChI is InChI=1S/C20H13ClF3NO2/c21-17-9-8-14(20(22,23)24)11-18(17)25-19(26)16(12-15-7-4-10-27-15)13-5-2-1-3-6-13/h1-12H,(H,25,26)/b16-12+. The van der Waals surface area contributed by atoms with Gasteiger partial charge in [-0.05, 0) is 42.0 Å². The van der Waals surface area contributed by atoms with Crippen molar-refractivity contribution in [1.82, 2.24) is 0 Å². The molecular weight excluding hydrogens is 379 g/mol. The van der Waals surface area contributed by atoms with E-state index in [0.717, 1.165) is 18.2 Å². The maximum absolute atomic E-state index is 12.9. The zero-order valence-electron chi connectivity index (χ0n) is 13.8. The van der Waals surface area contributed by atoms with Crippen LogP contribution < -0.4 is 5.32 Å². The molecule has 0 unspecified atom stereocenters. The fourth-order valence-electron chi connectivity index (χ4n) is 2.40. The van der Waals surface area contributed by atoms with Gasteiger partial charge in [-0.15, -0.1) is 0 Å². The molecule has 1 amide bonds. The topological polar surface area (TPSA) is 42.2 Å². The second-order valence-corrected chi connectivity index (χ2v) is 5.99. The monoisotopic (exact) mass is 391 g/mol. The van der Waals surface area contributed by atoms with Crippen molar-refractivity contribution < 1.29 is 22.4 Å². The maximum atomic E-state index is 12.9. The van der Waals surface area contributed by atoms with Crippen molar-refractivity contribution in [3.63, 3.8) is 0 Å². The van der Waals surface area contributed by atoms with Crippen molar-refractivity contribution in [3.8, 4) is 0 Å². The number of alkyl halides is 3. The van der Waals surface area contributed by atoms with Crippen molar-refractivity contribution >= 4 is 34.8 Å². The molecule has 0 atom stereocenters. The van der Waals surface area contributed by atoms with E-state index in [-0.39, 0.29) is 16.3 Å². The van der Waals surface area contributed by atoms with Crippen molar-refractivity contribution in [2.75, 3.05) is 5.32 Å². The Kier molecular flexibility index (Phi) is 5.37. The Morgan fingerprint density at radius 2 is 1.78 bits per heavy atom. The second kappa shape index (κ2) is 7.72. The van der Waals surface area contributed by atoms with Gasteiger partial charge in [0.2, 0.25) is 0 Å². The molecule has 3 rings (SSSR count). The highest BCUT2D eigenvalue weighted by Crippen LogP contribution is 2.34. The molecule has 138 valence electrons. The van der Waals surface area contributed by atoms with Gasteiger partial charge in [0.05, 0.1) is 28.1 Å². The third kappa shape index (κ3) is 4.60. The average molecular weight is 392 g/mol. The Labute approximate surface area is 158 Å². The van der Waals surface area contributed by atoms with Crippen LogP contribution in [0.3, 0.4) is 0 Å². The smallest absolute Gasteiger partial charge is 0.416 e. The molecule has 0 saturated heterocycles. The van der Waals surface area contributed by atoms with Gasteiger partial charge in [-0.3, -0.25) is 4.79 Å². The minimum atomic E-state index is -4.55. The molecule has 1 heterocycles. The number of anilines is 1. The highest BCUT2D eigenvalue weighted by molar-refractivity contribution is 6.35. The Bertz CT molecular complexity index is 965. The molecule has 2 aromatic carbocycles. The van der Waals surface area contributed by atoms with Gasteiger partial charge in [0, 0.05) is 0 Å². The number of rotatable bonds is 4. The molecule has 0 aliphatic rings. The van der Waals surface area contributed by atoms with E-state index in [2.05, 4.69) is 5.32 Å². The number of nitrogens with one attached hydrogen (secondary N) is 1. The van der Waals surface area contributed by atoms with Crippen LogP contribution in [0.15, 0.2) is 71.3 Å². The number of hydrogen-bond acceptors (Lipinski definition) is 2. The summed E-state index contributed by atoms with van der Waals surface area (Å²) >= 11 is 5.96. The summed E-state index contributed by atoms with van der Waals surface area (Å²) in [6.45, 7) is 0. The lowest BCUT2D eigenvalue weighted by Crippen LogP contribution is -2.15. The van der Waals surface area contributed by atoms with Gasteiger partial charge in [0.15, 0.2) is 0 Å². The van der Waals surface area contributed by atoms with E-state index >= 15 is 0 Å². The van der Waals surface area contributed by atoms with Gasteiger partial charge in [-0.2, -0.15) is 13.2 Å². The summed E-state index contributed by atoms with van der Waals surface area (Å²) in [4.78, 5) is 12.8. The molecule has 0 aliphatic carbocycles. The van der Waals surface area contributed by atoms with Gasteiger partial charge < -0.3 is 9.73 Å². The number of furan rings is 1. The largest absolute Gasteiger partial charge is 0.465 e. The number of carbonyl (C=O) groups excluding carboxylic acids is 1. The van der Waals surface area contributed by atoms with E-state index in [9.17, 15) is 18.0 Å². The summed E-state index contributed by atoms with van der Waals surface area (Å²) in [6, 6.07) is 14.8. The highest BCUT2D eigenvalue weighted by Gasteiger charge is 2.31. The first-order valence-electron chi connectivity index (χ1n) is 7.83. The van der Waals surface area contributed by atoms with Crippen molar-refractivity contribution in [1.29, 1.82) is 0 Å². The first kappa shape index (κ1) is 18.8. The SMILES string of the molecule is O=C(Nc1cc(C(F)(F)F)ccc1Cl)/C(=C/c1ccco1)c1ccccc1. The molecule has 0 saturated carbocycles. The van der Waals surface area contributed by atoms with E-state index < -0.39 is 17.6 Å². The number of hydrogen-bond donors (Lipinski definition) is 1. The van der Waals surface area contributed by atoms with Crippen LogP contribution in [0.5, 0.6) is 0 Å². The molecule has 1 aromatic heterocycles. The molecule has 0 aliphatic heterocycles. The average Bonchev–Trinajstić information content (AvgIpc) is 3.14. The predicted octanol–water partition coefficient (Wildman–Crippen LogP) is 6.13. The molecule has 0 fully saturated rings. The van der Waals surface area contributed by atoms with E-state index in [0.29, 0.717) is 11.3 Å². The van der Waals surface area contributed by atoms with Gasteiger partial charge in [0.1, 0.15) is 5.76 Å². The minimum absolute atomic E-state index is 0.00163. The number of amides is 1. The van der Waals surface area contributed by atoms with E-state index in [1.165, 1.54) is 12.3 Å². The van der Waals surface area contributed by atoms with Crippen LogP contribution in [-0.2, 0) is 11.0 Å². The van der Waals surface area contributed by atoms with Gasteiger partial charge in [0.25, 0.3) is 5.91 Å². The molecule has 0 radical (unpaired) electrons. The fraction of sp³-hybridized carbons (Fsp3) is 0.0500. The molecular formula is C20H13ClF3NO2.